The van der Waals surface area contributed by atoms with E-state index in [4.69, 9.17) is 5.73 Å². The Morgan fingerprint density at radius 2 is 2.05 bits per heavy atom. The highest BCUT2D eigenvalue weighted by molar-refractivity contribution is 5.93. The van der Waals surface area contributed by atoms with Crippen LogP contribution in [0.3, 0.4) is 0 Å². The second-order valence-electron chi connectivity index (χ2n) is 3.42. The molecule has 0 aromatic carbocycles. The lowest BCUT2D eigenvalue weighted by atomic mass is 10.0. The topological polar surface area (TPSA) is 74.4 Å². The van der Waals surface area contributed by atoms with Crippen molar-refractivity contribution in [3.8, 4) is 5.88 Å². The highest BCUT2D eigenvalue weighted by Crippen LogP contribution is 2.32. The molecule has 10 heteroatoms. The van der Waals surface area contributed by atoms with E-state index < -0.39 is 47.9 Å². The number of carbonyl (C=O) groups excluding carboxylic acids is 1. The molecule has 1 aromatic rings. The fourth-order valence-corrected chi connectivity index (χ4v) is 1.45. The van der Waals surface area contributed by atoms with Gasteiger partial charge in [-0.2, -0.15) is 0 Å². The first-order valence-electron chi connectivity index (χ1n) is 5.05. The molecule has 20 heavy (non-hydrogen) atoms. The number of nitrogens with two attached hydrogens (primary N) is 1. The number of hydrogen-bond donors (Lipinski definition) is 1. The average molecular weight is 300 g/mol. The van der Waals surface area contributed by atoms with Gasteiger partial charge in [-0.1, -0.05) is 0 Å². The van der Waals surface area contributed by atoms with E-state index >= 15 is 0 Å². The Labute approximate surface area is 109 Å². The first kappa shape index (κ1) is 16.1. The van der Waals surface area contributed by atoms with Crippen molar-refractivity contribution in [2.75, 3.05) is 7.11 Å². The summed E-state index contributed by atoms with van der Waals surface area (Å²) in [5, 5.41) is 0. The molecule has 1 heterocycles. The molecule has 1 aromatic heterocycles. The zero-order valence-electron chi connectivity index (χ0n) is 10.0. The van der Waals surface area contributed by atoms with Crippen LogP contribution >= 0.6 is 0 Å². The van der Waals surface area contributed by atoms with Gasteiger partial charge in [-0.15, -0.1) is 13.2 Å². The van der Waals surface area contributed by atoms with Crippen molar-refractivity contribution in [3.63, 3.8) is 0 Å². The molecule has 0 aliphatic heterocycles. The van der Waals surface area contributed by atoms with Gasteiger partial charge in [-0.25, -0.2) is 18.6 Å². The zero-order chi connectivity index (χ0) is 15.5. The first-order chi connectivity index (χ1) is 9.21. The van der Waals surface area contributed by atoms with Gasteiger partial charge in [0.25, 0.3) is 6.43 Å². The molecule has 0 spiro atoms. The number of ether oxygens (including phenoxy) is 2. The van der Waals surface area contributed by atoms with Crippen LogP contribution in [0.1, 0.15) is 27.9 Å². The number of rotatable bonds is 4. The highest BCUT2D eigenvalue weighted by atomic mass is 19.4. The predicted octanol–water partition coefficient (Wildman–Crippen LogP) is 2.16. The van der Waals surface area contributed by atoms with Gasteiger partial charge in [0.2, 0.25) is 5.88 Å². The van der Waals surface area contributed by atoms with Crippen molar-refractivity contribution < 1.29 is 36.2 Å². The molecule has 0 atom stereocenters. The molecule has 0 bridgehead atoms. The van der Waals surface area contributed by atoms with Crippen molar-refractivity contribution in [1.82, 2.24) is 4.98 Å². The summed E-state index contributed by atoms with van der Waals surface area (Å²) in [7, 11) is 0.891. The Balaban J connectivity index is 3.48. The summed E-state index contributed by atoms with van der Waals surface area (Å²) in [4.78, 5) is 14.6. The Morgan fingerprint density at radius 3 is 2.45 bits per heavy atom. The molecular formula is C10H9F5N2O3. The fourth-order valence-electron chi connectivity index (χ4n) is 1.45. The third-order valence-electron chi connectivity index (χ3n) is 2.21. The number of aromatic nitrogens is 1. The van der Waals surface area contributed by atoms with Gasteiger partial charge in [0, 0.05) is 18.3 Å². The number of esters is 1. The van der Waals surface area contributed by atoms with Crippen LogP contribution in [0.15, 0.2) is 6.20 Å². The van der Waals surface area contributed by atoms with E-state index in [0.29, 0.717) is 6.20 Å². The van der Waals surface area contributed by atoms with Crippen LogP contribution in [-0.2, 0) is 11.3 Å². The molecule has 0 saturated heterocycles. The van der Waals surface area contributed by atoms with Crippen molar-refractivity contribution in [2.24, 2.45) is 5.73 Å². The summed E-state index contributed by atoms with van der Waals surface area (Å²) >= 11 is 0. The Morgan fingerprint density at radius 1 is 1.45 bits per heavy atom. The molecule has 0 aliphatic rings. The Bertz CT molecular complexity index is 504. The van der Waals surface area contributed by atoms with Crippen molar-refractivity contribution in [3.05, 3.63) is 22.9 Å². The third-order valence-corrected chi connectivity index (χ3v) is 2.21. The van der Waals surface area contributed by atoms with Gasteiger partial charge in [0.1, 0.15) is 0 Å². The lowest BCUT2D eigenvalue weighted by molar-refractivity contribution is -0.276. The van der Waals surface area contributed by atoms with Gasteiger partial charge in [-0.3, -0.25) is 0 Å². The standard InChI is InChI=1S/C10H9F5N2O3/c1-19-9(18)6-4(2-16)8(20-10(13,14)15)17-3-5(6)7(11)12/h3,7H,2,16H2,1H3. The van der Waals surface area contributed by atoms with Crippen LogP contribution in [0.5, 0.6) is 5.88 Å². The minimum Gasteiger partial charge on any atom is -0.465 e. The first-order valence-corrected chi connectivity index (χ1v) is 5.05. The molecule has 0 amide bonds. The molecule has 2 N–H and O–H groups in total. The number of pyridine rings is 1. The average Bonchev–Trinajstić information content (AvgIpc) is 2.34. The summed E-state index contributed by atoms with van der Waals surface area (Å²) in [6, 6.07) is 0. The van der Waals surface area contributed by atoms with E-state index in [1.54, 1.807) is 0 Å². The lowest BCUT2D eigenvalue weighted by Gasteiger charge is -2.16. The van der Waals surface area contributed by atoms with Crippen LogP contribution in [0.4, 0.5) is 22.0 Å². The largest absolute Gasteiger partial charge is 0.574 e. The van der Waals surface area contributed by atoms with Gasteiger partial charge >= 0.3 is 12.3 Å². The summed E-state index contributed by atoms with van der Waals surface area (Å²) in [5.41, 5.74) is 2.93. The van der Waals surface area contributed by atoms with Crippen molar-refractivity contribution >= 4 is 5.97 Å². The smallest absolute Gasteiger partial charge is 0.465 e. The normalized spacial score (nSPS) is 11.6. The molecule has 1 rings (SSSR count). The number of methoxy groups -OCH3 is 1. The molecule has 0 fully saturated rings. The third kappa shape index (κ3) is 3.53. The van der Waals surface area contributed by atoms with Crippen LogP contribution in [0.25, 0.3) is 0 Å². The highest BCUT2D eigenvalue weighted by Gasteiger charge is 2.35. The molecule has 5 nitrogen and oxygen atoms in total. The van der Waals surface area contributed by atoms with Crippen molar-refractivity contribution in [1.29, 1.82) is 0 Å². The van der Waals surface area contributed by atoms with Crippen LogP contribution in [0, 0.1) is 0 Å². The molecule has 0 radical (unpaired) electrons. The predicted molar refractivity (Wildman–Crippen MR) is 55.1 cm³/mol. The van der Waals surface area contributed by atoms with Gasteiger partial charge < -0.3 is 15.2 Å². The van der Waals surface area contributed by atoms with E-state index in [9.17, 15) is 26.7 Å². The second-order valence-corrected chi connectivity index (χ2v) is 3.42. The lowest BCUT2D eigenvalue weighted by Crippen LogP contribution is -2.22. The van der Waals surface area contributed by atoms with Gasteiger partial charge in [0.05, 0.1) is 18.2 Å². The maximum absolute atomic E-state index is 12.8. The molecular weight excluding hydrogens is 291 g/mol. The second kappa shape index (κ2) is 5.99. The summed E-state index contributed by atoms with van der Waals surface area (Å²) < 4.78 is 69.8. The van der Waals surface area contributed by atoms with E-state index in [1.807, 2.05) is 0 Å². The maximum atomic E-state index is 12.8. The SMILES string of the molecule is COC(=O)c1c(C(F)F)cnc(OC(F)(F)F)c1CN. The Kier molecular flexibility index (Phi) is 4.82. The van der Waals surface area contributed by atoms with E-state index in [1.165, 1.54) is 0 Å². The van der Waals surface area contributed by atoms with E-state index in [0.717, 1.165) is 7.11 Å². The molecule has 0 unspecified atom stereocenters. The number of nitrogens with zero attached hydrogens (tertiary/aromatic N) is 1. The van der Waals surface area contributed by atoms with Crippen LogP contribution in [-0.4, -0.2) is 24.4 Å². The fraction of sp³-hybridized carbons (Fsp3) is 0.400. The summed E-state index contributed by atoms with van der Waals surface area (Å²) in [6.07, 6.45) is -7.82. The number of hydrogen-bond acceptors (Lipinski definition) is 5. The monoisotopic (exact) mass is 300 g/mol. The number of halogens is 5. The van der Waals surface area contributed by atoms with Gasteiger partial charge in [-0.05, 0) is 0 Å². The number of alkyl halides is 5. The molecule has 0 aliphatic carbocycles. The molecule has 0 saturated carbocycles. The van der Waals surface area contributed by atoms with E-state index in [-0.39, 0.29) is 0 Å². The minimum absolute atomic E-state index is 0.414. The summed E-state index contributed by atoms with van der Waals surface area (Å²) in [6.45, 7) is -0.663. The van der Waals surface area contributed by atoms with Gasteiger partial charge in [0.15, 0.2) is 0 Å². The van der Waals surface area contributed by atoms with E-state index in [2.05, 4.69) is 14.5 Å². The minimum atomic E-state index is -5.10. The number of carbonyl (C=O) groups is 1. The summed E-state index contributed by atoms with van der Waals surface area (Å²) in [5.74, 6) is -2.32. The van der Waals surface area contributed by atoms with Crippen molar-refractivity contribution in [2.45, 2.75) is 19.3 Å². The van der Waals surface area contributed by atoms with Crippen LogP contribution < -0.4 is 10.5 Å². The zero-order valence-corrected chi connectivity index (χ0v) is 10.0. The quantitative estimate of drug-likeness (QED) is 0.681. The molecule has 112 valence electrons. The maximum Gasteiger partial charge on any atom is 0.574 e. The Hall–Kier alpha value is -1.97. The van der Waals surface area contributed by atoms with Crippen LogP contribution in [0.2, 0.25) is 0 Å².